The minimum absolute atomic E-state index is 0. The number of hydrogen-bond donors (Lipinski definition) is 4. The van der Waals surface area contributed by atoms with Crippen LogP contribution in [0.4, 0.5) is 22.7 Å². The van der Waals surface area contributed by atoms with Crippen molar-refractivity contribution < 1.29 is 43.5 Å². The number of benzene rings is 5. The van der Waals surface area contributed by atoms with Crippen LogP contribution in [0.3, 0.4) is 0 Å². The molecule has 6 aromatic rings. The largest absolute Gasteiger partial charge is 0.744 e. The van der Waals surface area contributed by atoms with E-state index in [2.05, 4.69) is 5.32 Å². The Morgan fingerprint density at radius 3 is 2.04 bits per heavy atom. The maximum atomic E-state index is 12.2. The summed E-state index contributed by atoms with van der Waals surface area (Å²) in [7, 11) is -13.8. The second kappa shape index (κ2) is 16.1. The molecular weight excluding hydrogens is 753 g/mol. The molecule has 0 spiro atoms. The van der Waals surface area contributed by atoms with Gasteiger partial charge in [-0.2, -0.15) is 16.8 Å². The summed E-state index contributed by atoms with van der Waals surface area (Å²) in [5.41, 5.74) is 10.2. The van der Waals surface area contributed by atoms with E-state index in [0.717, 1.165) is 17.3 Å². The fraction of sp³-hybridized carbons (Fsp3) is 0.0909. The van der Waals surface area contributed by atoms with Crippen LogP contribution in [0.15, 0.2) is 118 Å². The zero-order valence-electron chi connectivity index (χ0n) is 28.1. The predicted octanol–water partition coefficient (Wildman–Crippen LogP) is 3.65. The van der Waals surface area contributed by atoms with Crippen LogP contribution < -0.4 is 20.5 Å². The number of aromatic nitrogens is 2. The first-order valence-electron chi connectivity index (χ1n) is 14.8. The van der Waals surface area contributed by atoms with E-state index in [1.165, 1.54) is 42.5 Å². The van der Waals surface area contributed by atoms with Gasteiger partial charge in [0.05, 0.1) is 10.6 Å². The standard InChI is InChI=1S/C33H29N5O9S3.2Na/c1-2-37(20-21-6-11-26(12-7-21)48(39,40)41)24-10-15-29-32(19-24)38(25-4-3-5-27(18-25)49(42,43)44)31-17-23(9-14-28(31)36-29)35-30-13-8-22(34)16-33(30)50(45,46)47;;/h3-19H,2,20H2,1H3,(H5,34,36,39,40,41,42,43,44,45,46,47);;. The summed E-state index contributed by atoms with van der Waals surface area (Å²) in [4.78, 5) is 5.71. The normalized spacial score (nSPS) is 11.8. The number of nitrogens with one attached hydrogen (secondary N) is 1. The molecule has 0 fully saturated rings. The Labute approximate surface area is 344 Å². The minimum atomic E-state index is -4.65. The SMILES string of the molecule is CCN(Cc1ccc(S(=O)(=O)[O-])cc1)c1ccc2nc3ccc(Nc4ccc(N)cc4S(=O)(=O)O)cc3[n+](-c3cccc(S(=O)(=O)O)c3)c2c1.[Na].[Na]. The average molecular weight is 782 g/mol. The van der Waals surface area contributed by atoms with Crippen LogP contribution in [0.1, 0.15) is 12.5 Å². The van der Waals surface area contributed by atoms with Crippen LogP contribution in [0.2, 0.25) is 0 Å². The topological polar surface area (TPSA) is 224 Å². The van der Waals surface area contributed by atoms with E-state index < -0.39 is 35.2 Å². The summed E-state index contributed by atoms with van der Waals surface area (Å²) >= 11 is 0. The molecule has 1 aromatic heterocycles. The molecule has 0 atom stereocenters. The third-order valence-electron chi connectivity index (χ3n) is 7.93. The molecule has 5 N–H and O–H groups in total. The summed E-state index contributed by atoms with van der Waals surface area (Å²) in [5, 5.41) is 3.00. The predicted molar refractivity (Wildman–Crippen MR) is 197 cm³/mol. The maximum Gasteiger partial charge on any atom is 0.296 e. The summed E-state index contributed by atoms with van der Waals surface area (Å²) in [6.45, 7) is 2.81. The molecule has 260 valence electrons. The van der Waals surface area contributed by atoms with Gasteiger partial charge >= 0.3 is 0 Å². The van der Waals surface area contributed by atoms with Gasteiger partial charge in [0.25, 0.3) is 20.2 Å². The Morgan fingerprint density at radius 2 is 1.42 bits per heavy atom. The van der Waals surface area contributed by atoms with Crippen LogP contribution in [0, 0.1) is 0 Å². The number of rotatable bonds is 10. The number of nitrogens with zero attached hydrogens (tertiary/aromatic N) is 3. The molecule has 0 aliphatic heterocycles. The molecule has 0 aliphatic carbocycles. The van der Waals surface area contributed by atoms with E-state index in [0.29, 0.717) is 46.5 Å². The third-order valence-corrected chi connectivity index (χ3v) is 10.5. The van der Waals surface area contributed by atoms with Crippen molar-refractivity contribution in [1.29, 1.82) is 0 Å². The molecule has 0 unspecified atom stereocenters. The fourth-order valence-corrected chi connectivity index (χ4v) is 7.23. The fourth-order valence-electron chi connectivity index (χ4n) is 5.56. The molecule has 0 saturated heterocycles. The van der Waals surface area contributed by atoms with E-state index >= 15 is 0 Å². The van der Waals surface area contributed by atoms with Gasteiger partial charge in [0.1, 0.15) is 30.9 Å². The number of fused-ring (bicyclic) bond motifs is 2. The molecule has 0 saturated carbocycles. The van der Waals surface area contributed by atoms with E-state index in [-0.39, 0.29) is 80.3 Å². The van der Waals surface area contributed by atoms with Crippen LogP contribution in [-0.4, -0.2) is 110 Å². The molecule has 19 heteroatoms. The number of hydrogen-bond acceptors (Lipinski definition) is 11. The van der Waals surface area contributed by atoms with Crippen LogP contribution in [0.25, 0.3) is 27.8 Å². The van der Waals surface area contributed by atoms with Crippen molar-refractivity contribution in [2.45, 2.75) is 28.2 Å². The monoisotopic (exact) mass is 781 g/mol. The van der Waals surface area contributed by atoms with Crippen molar-refractivity contribution in [3.63, 3.8) is 0 Å². The van der Waals surface area contributed by atoms with Gasteiger partial charge in [0.2, 0.25) is 16.7 Å². The van der Waals surface area contributed by atoms with Crippen molar-refractivity contribution in [3.05, 3.63) is 109 Å². The van der Waals surface area contributed by atoms with Crippen LogP contribution >= 0.6 is 0 Å². The molecule has 6 rings (SSSR count). The Hall–Kier alpha value is -3.17. The van der Waals surface area contributed by atoms with Crippen LogP contribution in [-0.2, 0) is 36.9 Å². The smallest absolute Gasteiger partial charge is 0.296 e. The Balaban J connectivity index is 0.00000302. The van der Waals surface area contributed by atoms with Gasteiger partial charge in [0.15, 0.2) is 0 Å². The first-order chi connectivity index (χ1) is 23.5. The average Bonchev–Trinajstić information content (AvgIpc) is 3.06. The molecule has 0 amide bonds. The summed E-state index contributed by atoms with van der Waals surface area (Å²) in [5.74, 6) is 0. The first kappa shape index (κ1) is 41.6. The van der Waals surface area contributed by atoms with Crippen LogP contribution in [0.5, 0.6) is 0 Å². The molecular formula is C33H29N5Na2O9S3. The van der Waals surface area contributed by atoms with Crippen molar-refractivity contribution in [3.8, 4) is 5.69 Å². The zero-order chi connectivity index (χ0) is 36.0. The molecule has 2 radical (unpaired) electrons. The first-order valence-corrected chi connectivity index (χ1v) is 19.1. The second-order valence-corrected chi connectivity index (χ2v) is 15.5. The Kier molecular flexibility index (Phi) is 12.8. The number of anilines is 4. The summed E-state index contributed by atoms with van der Waals surface area (Å²) in [6, 6.07) is 25.8. The molecule has 5 aromatic carbocycles. The van der Waals surface area contributed by atoms with Gasteiger partial charge in [-0.3, -0.25) is 9.11 Å². The molecule has 52 heavy (non-hydrogen) atoms. The van der Waals surface area contributed by atoms with Crippen molar-refractivity contribution in [1.82, 2.24) is 4.98 Å². The second-order valence-electron chi connectivity index (χ2n) is 11.3. The summed E-state index contributed by atoms with van der Waals surface area (Å²) < 4.78 is 104. The number of nitrogens with two attached hydrogens (primary N) is 1. The zero-order valence-corrected chi connectivity index (χ0v) is 34.6. The van der Waals surface area contributed by atoms with Gasteiger partial charge in [-0.25, -0.2) is 13.4 Å². The van der Waals surface area contributed by atoms with E-state index in [1.54, 1.807) is 47.0 Å². The van der Waals surface area contributed by atoms with Crippen molar-refractivity contribution in [2.75, 3.05) is 22.5 Å². The quantitative estimate of drug-likeness (QED) is 0.0513. The van der Waals surface area contributed by atoms with Gasteiger partial charge in [-0.1, -0.05) is 18.2 Å². The van der Waals surface area contributed by atoms with Gasteiger partial charge < -0.3 is 20.5 Å². The van der Waals surface area contributed by atoms with Gasteiger partial charge in [-0.15, -0.1) is 4.57 Å². The van der Waals surface area contributed by atoms with Gasteiger partial charge in [-0.05, 0) is 73.2 Å². The third kappa shape index (κ3) is 9.12. The van der Waals surface area contributed by atoms with E-state index in [4.69, 9.17) is 10.7 Å². The Morgan fingerprint density at radius 1 is 0.769 bits per heavy atom. The number of nitrogen functional groups attached to an aromatic ring is 1. The van der Waals surface area contributed by atoms with Crippen molar-refractivity contribution in [2.24, 2.45) is 0 Å². The van der Waals surface area contributed by atoms with Crippen molar-refractivity contribution >= 4 is 134 Å². The molecule has 1 heterocycles. The molecule has 0 bridgehead atoms. The Bertz CT molecular complexity index is 2650. The van der Waals surface area contributed by atoms with E-state index in [1.807, 2.05) is 24.0 Å². The molecule has 0 aliphatic rings. The molecule has 14 nitrogen and oxygen atoms in total. The van der Waals surface area contributed by atoms with E-state index in [9.17, 15) is 38.9 Å². The van der Waals surface area contributed by atoms with Gasteiger partial charge in [0, 0.05) is 114 Å². The minimum Gasteiger partial charge on any atom is -0.744 e. The maximum absolute atomic E-state index is 12.2. The summed E-state index contributed by atoms with van der Waals surface area (Å²) in [6.07, 6.45) is 0.